The molecule has 0 aromatic heterocycles. The van der Waals surface area contributed by atoms with Crippen LogP contribution in [0.25, 0.3) is 0 Å². The Kier molecular flexibility index (Phi) is 5.52. The van der Waals surface area contributed by atoms with Gasteiger partial charge in [-0.25, -0.2) is 0 Å². The number of hydrogen-bond donors (Lipinski definition) is 0. The van der Waals surface area contributed by atoms with E-state index in [1.807, 2.05) is 25.1 Å². The van der Waals surface area contributed by atoms with Crippen molar-refractivity contribution < 1.29 is 14.3 Å². The average molecular weight is 380 g/mol. The Morgan fingerprint density at radius 2 is 2.04 bits per heavy atom. The van der Waals surface area contributed by atoms with Gasteiger partial charge >= 0.3 is 0 Å². The van der Waals surface area contributed by atoms with E-state index in [9.17, 15) is 4.79 Å². The molecule has 2 aromatic rings. The minimum atomic E-state index is -0.234. The van der Waals surface area contributed by atoms with Crippen LogP contribution in [0.4, 0.5) is 0 Å². The van der Waals surface area contributed by atoms with Crippen LogP contribution in [-0.4, -0.2) is 37.6 Å². The predicted molar refractivity (Wildman–Crippen MR) is 98.8 cm³/mol. The number of aryl methyl sites for hydroxylation is 1. The van der Waals surface area contributed by atoms with Crippen molar-refractivity contribution in [2.45, 2.75) is 13.0 Å². The van der Waals surface area contributed by atoms with Gasteiger partial charge < -0.3 is 14.4 Å². The van der Waals surface area contributed by atoms with Crippen LogP contribution < -0.4 is 4.74 Å². The molecule has 132 valence electrons. The van der Waals surface area contributed by atoms with Gasteiger partial charge in [0.25, 0.3) is 5.91 Å². The van der Waals surface area contributed by atoms with Crippen molar-refractivity contribution in [1.82, 2.24) is 4.90 Å². The van der Waals surface area contributed by atoms with Crippen molar-refractivity contribution >= 4 is 29.1 Å². The summed E-state index contributed by atoms with van der Waals surface area (Å²) in [6.45, 7) is 3.36. The number of halogens is 2. The van der Waals surface area contributed by atoms with Crippen molar-refractivity contribution in [3.63, 3.8) is 0 Å². The van der Waals surface area contributed by atoms with Crippen LogP contribution in [0.1, 0.15) is 27.6 Å². The molecule has 1 aliphatic rings. The Hall–Kier alpha value is -1.75. The molecule has 1 amide bonds. The van der Waals surface area contributed by atoms with Gasteiger partial charge in [0.15, 0.2) is 0 Å². The number of amides is 1. The lowest BCUT2D eigenvalue weighted by Crippen LogP contribution is -2.42. The summed E-state index contributed by atoms with van der Waals surface area (Å²) in [5, 5.41) is 0.977. The number of carbonyl (C=O) groups is 1. The van der Waals surface area contributed by atoms with Gasteiger partial charge in [-0.2, -0.15) is 0 Å². The highest BCUT2D eigenvalue weighted by Crippen LogP contribution is 2.30. The maximum atomic E-state index is 13.0. The summed E-state index contributed by atoms with van der Waals surface area (Å²) in [5.74, 6) is 0.533. The summed E-state index contributed by atoms with van der Waals surface area (Å²) >= 11 is 12.1. The number of methoxy groups -OCH3 is 1. The zero-order valence-electron chi connectivity index (χ0n) is 14.1. The van der Waals surface area contributed by atoms with Gasteiger partial charge in [0.1, 0.15) is 11.9 Å². The first-order chi connectivity index (χ1) is 12.0. The smallest absolute Gasteiger partial charge is 0.258 e. The highest BCUT2D eigenvalue weighted by molar-refractivity contribution is 6.42. The number of morpholine rings is 1. The quantitative estimate of drug-likeness (QED) is 0.786. The second-order valence-electron chi connectivity index (χ2n) is 5.94. The lowest BCUT2D eigenvalue weighted by molar-refractivity contribution is -0.0229. The van der Waals surface area contributed by atoms with Crippen LogP contribution in [0.3, 0.4) is 0 Å². The summed E-state index contributed by atoms with van der Waals surface area (Å²) in [5.41, 5.74) is 2.39. The van der Waals surface area contributed by atoms with E-state index in [-0.39, 0.29) is 12.0 Å². The SMILES string of the molecule is COc1cccc(C)c1C(=O)N1CCOC(c2ccc(Cl)c(Cl)c2)C1. The lowest BCUT2D eigenvalue weighted by Gasteiger charge is -2.34. The van der Waals surface area contributed by atoms with E-state index in [0.717, 1.165) is 11.1 Å². The van der Waals surface area contributed by atoms with E-state index >= 15 is 0 Å². The summed E-state index contributed by atoms with van der Waals surface area (Å²) in [6, 6.07) is 11.0. The standard InChI is InChI=1S/C19H19Cl2NO3/c1-12-4-3-5-16(24-2)18(12)19(23)22-8-9-25-17(11-22)13-6-7-14(20)15(21)10-13/h3-7,10,17H,8-9,11H2,1-2H3. The van der Waals surface area contributed by atoms with Gasteiger partial charge in [-0.15, -0.1) is 0 Å². The largest absolute Gasteiger partial charge is 0.496 e. The van der Waals surface area contributed by atoms with Crippen molar-refractivity contribution in [2.75, 3.05) is 26.8 Å². The van der Waals surface area contributed by atoms with Crippen LogP contribution >= 0.6 is 23.2 Å². The number of ether oxygens (including phenoxy) is 2. The molecule has 0 saturated carbocycles. The third-order valence-electron chi connectivity index (χ3n) is 4.34. The first-order valence-corrected chi connectivity index (χ1v) is 8.76. The first kappa shape index (κ1) is 18.1. The van der Waals surface area contributed by atoms with E-state index in [0.29, 0.717) is 41.1 Å². The van der Waals surface area contributed by atoms with Gasteiger partial charge in [0.05, 0.1) is 35.9 Å². The minimum Gasteiger partial charge on any atom is -0.496 e. The summed E-state index contributed by atoms with van der Waals surface area (Å²) in [7, 11) is 1.57. The third-order valence-corrected chi connectivity index (χ3v) is 5.08. The molecule has 1 fully saturated rings. The van der Waals surface area contributed by atoms with E-state index in [2.05, 4.69) is 0 Å². The number of nitrogens with zero attached hydrogens (tertiary/aromatic N) is 1. The Balaban J connectivity index is 1.84. The molecule has 1 heterocycles. The van der Waals surface area contributed by atoms with Crippen molar-refractivity contribution in [2.24, 2.45) is 0 Å². The van der Waals surface area contributed by atoms with Crippen molar-refractivity contribution in [3.8, 4) is 5.75 Å². The molecule has 0 spiro atoms. The van der Waals surface area contributed by atoms with Crippen molar-refractivity contribution in [1.29, 1.82) is 0 Å². The molecule has 0 aliphatic carbocycles. The predicted octanol–water partition coefficient (Wildman–Crippen LogP) is 4.52. The van der Waals surface area contributed by atoms with E-state index in [4.69, 9.17) is 32.7 Å². The van der Waals surface area contributed by atoms with Gasteiger partial charge in [-0.1, -0.05) is 41.4 Å². The normalized spacial score (nSPS) is 17.4. The van der Waals surface area contributed by atoms with Gasteiger partial charge in [0, 0.05) is 6.54 Å². The Bertz CT molecular complexity index is 794. The molecule has 6 heteroatoms. The second-order valence-corrected chi connectivity index (χ2v) is 6.75. The number of carbonyl (C=O) groups excluding carboxylic acids is 1. The fourth-order valence-corrected chi connectivity index (χ4v) is 3.30. The number of benzene rings is 2. The second kappa shape index (κ2) is 7.65. The Labute approximate surface area is 157 Å². The van der Waals surface area contributed by atoms with Crippen LogP contribution in [0, 0.1) is 6.92 Å². The van der Waals surface area contributed by atoms with Crippen LogP contribution in [0.5, 0.6) is 5.75 Å². The van der Waals surface area contributed by atoms with Crippen molar-refractivity contribution in [3.05, 3.63) is 63.1 Å². The van der Waals surface area contributed by atoms with E-state index < -0.39 is 0 Å². The van der Waals surface area contributed by atoms with E-state index in [1.54, 1.807) is 30.2 Å². The molecule has 1 saturated heterocycles. The molecule has 1 aliphatic heterocycles. The Morgan fingerprint density at radius 3 is 2.76 bits per heavy atom. The topological polar surface area (TPSA) is 38.8 Å². The van der Waals surface area contributed by atoms with Crippen LogP contribution in [-0.2, 0) is 4.74 Å². The lowest BCUT2D eigenvalue weighted by atomic mass is 10.0. The van der Waals surface area contributed by atoms with Gasteiger partial charge in [-0.3, -0.25) is 4.79 Å². The molecule has 1 unspecified atom stereocenters. The molecule has 2 aromatic carbocycles. The summed E-state index contributed by atoms with van der Waals surface area (Å²) < 4.78 is 11.2. The maximum absolute atomic E-state index is 13.0. The van der Waals surface area contributed by atoms with E-state index in [1.165, 1.54) is 0 Å². The van der Waals surface area contributed by atoms with Crippen LogP contribution in [0.15, 0.2) is 36.4 Å². The zero-order chi connectivity index (χ0) is 18.0. The third kappa shape index (κ3) is 3.76. The molecule has 0 bridgehead atoms. The highest BCUT2D eigenvalue weighted by Gasteiger charge is 2.28. The minimum absolute atomic E-state index is 0.0525. The molecule has 1 atom stereocenters. The summed E-state index contributed by atoms with van der Waals surface area (Å²) in [4.78, 5) is 14.8. The molecule has 3 rings (SSSR count). The fourth-order valence-electron chi connectivity index (χ4n) is 2.99. The monoisotopic (exact) mass is 379 g/mol. The first-order valence-electron chi connectivity index (χ1n) is 8.00. The zero-order valence-corrected chi connectivity index (χ0v) is 15.6. The molecule has 4 nitrogen and oxygen atoms in total. The Morgan fingerprint density at radius 1 is 1.24 bits per heavy atom. The molecular weight excluding hydrogens is 361 g/mol. The molecule has 0 N–H and O–H groups in total. The van der Waals surface area contributed by atoms with Gasteiger partial charge in [0.2, 0.25) is 0 Å². The fraction of sp³-hybridized carbons (Fsp3) is 0.316. The highest BCUT2D eigenvalue weighted by atomic mass is 35.5. The molecule has 0 radical (unpaired) electrons. The van der Waals surface area contributed by atoms with Gasteiger partial charge in [-0.05, 0) is 36.2 Å². The van der Waals surface area contributed by atoms with Crippen LogP contribution in [0.2, 0.25) is 10.0 Å². The number of rotatable bonds is 3. The molecular formula is C19H19Cl2NO3. The molecule has 25 heavy (non-hydrogen) atoms. The average Bonchev–Trinajstić information content (AvgIpc) is 2.63. The number of hydrogen-bond acceptors (Lipinski definition) is 3. The summed E-state index contributed by atoms with van der Waals surface area (Å²) in [6.07, 6.45) is -0.234. The maximum Gasteiger partial charge on any atom is 0.258 e.